The molecule has 0 amide bonds. The summed E-state index contributed by atoms with van der Waals surface area (Å²) in [6.07, 6.45) is 0.786. The highest BCUT2D eigenvalue weighted by Gasteiger charge is 2.00. The first kappa shape index (κ1) is 9.14. The van der Waals surface area contributed by atoms with Crippen molar-refractivity contribution < 1.29 is 9.84 Å². The van der Waals surface area contributed by atoms with Crippen LogP contribution in [0.5, 0.6) is 5.75 Å². The summed E-state index contributed by atoms with van der Waals surface area (Å²) in [6.45, 7) is 0. The van der Waals surface area contributed by atoms with Crippen LogP contribution in [0.2, 0.25) is 0 Å². The van der Waals surface area contributed by atoms with Crippen molar-refractivity contribution in [1.29, 1.82) is 5.26 Å². The number of nitriles is 1. The number of benzene rings is 1. The van der Waals surface area contributed by atoms with Gasteiger partial charge < -0.3 is 9.84 Å². The second kappa shape index (κ2) is 4.17. The highest BCUT2D eigenvalue weighted by atomic mass is 16.5. The summed E-state index contributed by atoms with van der Waals surface area (Å²) >= 11 is 0. The highest BCUT2D eigenvalue weighted by molar-refractivity contribution is 5.76. The highest BCUT2D eigenvalue weighted by Crippen LogP contribution is 2.18. The molecular formula is C10H9NO2. The Morgan fingerprint density at radius 2 is 2.38 bits per heavy atom. The van der Waals surface area contributed by atoms with Gasteiger partial charge in [0.05, 0.1) is 18.9 Å². The molecule has 0 atom stereocenters. The number of nitrogens with zero attached hydrogens (tertiary/aromatic N) is 1. The Kier molecular flexibility index (Phi) is 2.93. The molecule has 0 heterocycles. The normalized spacial score (nSPS) is 10.6. The van der Waals surface area contributed by atoms with Crippen molar-refractivity contribution in [2.75, 3.05) is 7.11 Å². The van der Waals surface area contributed by atoms with Gasteiger partial charge in [-0.05, 0) is 17.7 Å². The fourth-order valence-electron chi connectivity index (χ4n) is 0.959. The van der Waals surface area contributed by atoms with E-state index in [2.05, 4.69) is 0 Å². The van der Waals surface area contributed by atoms with Gasteiger partial charge in [-0.3, -0.25) is 0 Å². The van der Waals surface area contributed by atoms with E-state index >= 15 is 0 Å². The van der Waals surface area contributed by atoms with Gasteiger partial charge in [0.25, 0.3) is 0 Å². The van der Waals surface area contributed by atoms with E-state index in [1.54, 1.807) is 31.4 Å². The molecule has 3 nitrogen and oxygen atoms in total. The molecule has 1 rings (SSSR count). The largest absolute Gasteiger partial charge is 0.514 e. The van der Waals surface area contributed by atoms with Crippen LogP contribution in [0.4, 0.5) is 0 Å². The predicted molar refractivity (Wildman–Crippen MR) is 49.2 cm³/mol. The molecule has 1 aromatic carbocycles. The van der Waals surface area contributed by atoms with Crippen molar-refractivity contribution in [2.45, 2.75) is 0 Å². The molecule has 0 radical (unpaired) electrons. The molecular weight excluding hydrogens is 166 g/mol. The molecule has 0 saturated carbocycles. The second-order valence-electron chi connectivity index (χ2n) is 2.39. The van der Waals surface area contributed by atoms with Crippen LogP contribution in [0.15, 0.2) is 30.5 Å². The quantitative estimate of drug-likeness (QED) is 0.553. The average molecular weight is 175 g/mol. The number of aliphatic hydroxyl groups excluding tert-OH is 1. The SMILES string of the molecule is COc1cccc(C(C#N)=CO)c1. The summed E-state index contributed by atoms with van der Waals surface area (Å²) in [5, 5.41) is 17.3. The number of allylic oxidation sites excluding steroid dienone is 1. The number of aliphatic hydroxyl groups is 1. The zero-order valence-electron chi connectivity index (χ0n) is 7.19. The molecule has 0 saturated heterocycles. The van der Waals surface area contributed by atoms with E-state index in [-0.39, 0.29) is 5.57 Å². The maximum Gasteiger partial charge on any atom is 0.119 e. The molecule has 0 spiro atoms. The molecule has 0 unspecified atom stereocenters. The summed E-state index contributed by atoms with van der Waals surface area (Å²) in [7, 11) is 1.55. The Bertz CT molecular complexity index is 363. The molecule has 1 N–H and O–H groups in total. The summed E-state index contributed by atoms with van der Waals surface area (Å²) in [5.41, 5.74) is 0.864. The molecule has 0 aliphatic heterocycles. The van der Waals surface area contributed by atoms with Gasteiger partial charge in [-0.25, -0.2) is 0 Å². The lowest BCUT2D eigenvalue weighted by atomic mass is 10.1. The van der Waals surface area contributed by atoms with Crippen LogP contribution in [0, 0.1) is 11.3 Å². The first-order valence-corrected chi connectivity index (χ1v) is 3.70. The van der Waals surface area contributed by atoms with Gasteiger partial charge in [0, 0.05) is 0 Å². The molecule has 0 aliphatic rings. The van der Waals surface area contributed by atoms with Gasteiger partial charge in [0.1, 0.15) is 11.8 Å². The fraction of sp³-hybridized carbons (Fsp3) is 0.100. The summed E-state index contributed by atoms with van der Waals surface area (Å²) in [6, 6.07) is 8.82. The maximum absolute atomic E-state index is 8.72. The lowest BCUT2D eigenvalue weighted by molar-refractivity contribution is 0.414. The third-order valence-corrected chi connectivity index (χ3v) is 1.63. The molecule has 1 aromatic rings. The lowest BCUT2D eigenvalue weighted by Gasteiger charge is -2.01. The standard InChI is InChI=1S/C10H9NO2/c1-13-10-4-2-3-8(5-10)9(6-11)7-12/h2-5,7,12H,1H3. The van der Waals surface area contributed by atoms with Crippen molar-refractivity contribution in [3.8, 4) is 11.8 Å². The minimum absolute atomic E-state index is 0.221. The van der Waals surface area contributed by atoms with Crippen LogP contribution in [-0.2, 0) is 0 Å². The zero-order valence-corrected chi connectivity index (χ0v) is 7.19. The van der Waals surface area contributed by atoms with E-state index in [0.717, 1.165) is 6.26 Å². The maximum atomic E-state index is 8.72. The van der Waals surface area contributed by atoms with Gasteiger partial charge in [-0.1, -0.05) is 12.1 Å². The third kappa shape index (κ3) is 2.00. The zero-order chi connectivity index (χ0) is 9.68. The molecule has 0 fully saturated rings. The number of hydrogen-bond acceptors (Lipinski definition) is 3. The van der Waals surface area contributed by atoms with Gasteiger partial charge in [-0.15, -0.1) is 0 Å². The predicted octanol–water partition coefficient (Wildman–Crippen LogP) is 2.12. The van der Waals surface area contributed by atoms with E-state index < -0.39 is 0 Å². The Labute approximate surface area is 76.5 Å². The van der Waals surface area contributed by atoms with Gasteiger partial charge in [-0.2, -0.15) is 5.26 Å². The Hall–Kier alpha value is -1.95. The lowest BCUT2D eigenvalue weighted by Crippen LogP contribution is -1.85. The summed E-state index contributed by atoms with van der Waals surface area (Å²) in [5.74, 6) is 0.659. The first-order valence-electron chi connectivity index (χ1n) is 3.70. The molecule has 0 aliphatic carbocycles. The first-order chi connectivity index (χ1) is 6.31. The van der Waals surface area contributed by atoms with Crippen LogP contribution in [0.1, 0.15) is 5.56 Å². The molecule has 0 aromatic heterocycles. The van der Waals surface area contributed by atoms with Crippen molar-refractivity contribution in [2.24, 2.45) is 0 Å². The molecule has 66 valence electrons. The van der Waals surface area contributed by atoms with Crippen LogP contribution in [0.25, 0.3) is 5.57 Å². The number of methoxy groups -OCH3 is 1. The van der Waals surface area contributed by atoms with Crippen LogP contribution >= 0.6 is 0 Å². The number of hydrogen-bond donors (Lipinski definition) is 1. The average Bonchev–Trinajstić information content (AvgIpc) is 2.20. The van der Waals surface area contributed by atoms with Gasteiger partial charge in [0.2, 0.25) is 0 Å². The van der Waals surface area contributed by atoms with Crippen LogP contribution in [0.3, 0.4) is 0 Å². The summed E-state index contributed by atoms with van der Waals surface area (Å²) in [4.78, 5) is 0. The van der Waals surface area contributed by atoms with Gasteiger partial charge >= 0.3 is 0 Å². The van der Waals surface area contributed by atoms with Crippen LogP contribution < -0.4 is 4.74 Å². The molecule has 0 bridgehead atoms. The topological polar surface area (TPSA) is 53.2 Å². The van der Waals surface area contributed by atoms with Crippen molar-refractivity contribution in [3.63, 3.8) is 0 Å². The van der Waals surface area contributed by atoms with Crippen molar-refractivity contribution >= 4 is 5.57 Å². The smallest absolute Gasteiger partial charge is 0.119 e. The van der Waals surface area contributed by atoms with Crippen molar-refractivity contribution in [1.82, 2.24) is 0 Å². The van der Waals surface area contributed by atoms with Gasteiger partial charge in [0.15, 0.2) is 0 Å². The minimum Gasteiger partial charge on any atom is -0.514 e. The summed E-state index contributed by atoms with van der Waals surface area (Å²) < 4.78 is 4.98. The van der Waals surface area contributed by atoms with E-state index in [1.807, 2.05) is 6.07 Å². The van der Waals surface area contributed by atoms with E-state index in [4.69, 9.17) is 15.1 Å². The van der Waals surface area contributed by atoms with Crippen LogP contribution in [-0.4, -0.2) is 12.2 Å². The minimum atomic E-state index is 0.221. The fourth-order valence-corrected chi connectivity index (χ4v) is 0.959. The Morgan fingerprint density at radius 1 is 1.62 bits per heavy atom. The third-order valence-electron chi connectivity index (χ3n) is 1.63. The second-order valence-corrected chi connectivity index (χ2v) is 2.39. The van der Waals surface area contributed by atoms with E-state index in [9.17, 15) is 0 Å². The Morgan fingerprint density at radius 3 is 2.92 bits per heavy atom. The molecule has 13 heavy (non-hydrogen) atoms. The van der Waals surface area contributed by atoms with E-state index in [1.165, 1.54) is 0 Å². The molecule has 3 heteroatoms. The van der Waals surface area contributed by atoms with Crippen molar-refractivity contribution in [3.05, 3.63) is 36.1 Å². The number of ether oxygens (including phenoxy) is 1. The monoisotopic (exact) mass is 175 g/mol. The van der Waals surface area contributed by atoms with E-state index in [0.29, 0.717) is 11.3 Å². The Balaban J connectivity index is 3.10. The number of rotatable bonds is 2.